The summed E-state index contributed by atoms with van der Waals surface area (Å²) < 4.78 is 0. The Labute approximate surface area is 46.0 Å². The maximum atomic E-state index is 8.82. The summed E-state index contributed by atoms with van der Waals surface area (Å²) in [7, 11) is 0. The summed E-state index contributed by atoms with van der Waals surface area (Å²) in [6.45, 7) is 0. The van der Waals surface area contributed by atoms with Crippen LogP contribution in [0.4, 0.5) is 0 Å². The molecule has 8 heavy (non-hydrogen) atoms. The summed E-state index contributed by atoms with van der Waals surface area (Å²) in [6, 6.07) is 3.36. The van der Waals surface area contributed by atoms with Crippen LogP contribution in [0.15, 0.2) is 12.1 Å². The van der Waals surface area contributed by atoms with Crippen molar-refractivity contribution in [3.8, 4) is 22.6 Å². The molecule has 0 heterocycles. The molecule has 2 aliphatic rings. The molecule has 0 aromatic heterocycles. The third kappa shape index (κ3) is 0.249. The average Bonchev–Trinajstić information content (AvgIpc) is 2.39. The maximum Gasteiger partial charge on any atom is 0.165 e. The number of phenols is 2. The monoisotopic (exact) mass is 108 g/mol. The highest BCUT2D eigenvalue weighted by Gasteiger charge is 2.21. The Morgan fingerprint density at radius 2 is 1.88 bits per heavy atom. The summed E-state index contributed by atoms with van der Waals surface area (Å²) >= 11 is 0. The molecular weight excluding hydrogens is 104 g/mol. The van der Waals surface area contributed by atoms with Gasteiger partial charge < -0.3 is 10.2 Å². The quantitative estimate of drug-likeness (QED) is 0.496. The molecule has 0 aromatic rings. The summed E-state index contributed by atoms with van der Waals surface area (Å²) in [5.41, 5.74) is 1.75. The van der Waals surface area contributed by atoms with E-state index in [0.29, 0.717) is 0 Å². The van der Waals surface area contributed by atoms with Crippen LogP contribution in [-0.2, 0) is 0 Å². The first-order valence-electron chi connectivity index (χ1n) is 2.35. The van der Waals surface area contributed by atoms with Crippen molar-refractivity contribution in [2.75, 3.05) is 0 Å². The van der Waals surface area contributed by atoms with Crippen LogP contribution in [0, 0.1) is 0 Å². The molecule has 0 radical (unpaired) electrons. The van der Waals surface area contributed by atoms with E-state index >= 15 is 0 Å². The smallest absolute Gasteiger partial charge is 0.165 e. The number of phenolic OH excluding ortho intramolecular Hbond substituents is 2. The van der Waals surface area contributed by atoms with Crippen LogP contribution >= 0.6 is 0 Å². The van der Waals surface area contributed by atoms with Crippen molar-refractivity contribution < 1.29 is 10.2 Å². The van der Waals surface area contributed by atoms with Crippen molar-refractivity contribution in [2.24, 2.45) is 0 Å². The predicted octanol–water partition coefficient (Wildman–Crippen LogP) is 1.08. The minimum absolute atomic E-state index is 0.00231. The van der Waals surface area contributed by atoms with Gasteiger partial charge in [0.15, 0.2) is 11.5 Å². The molecule has 0 spiro atoms. The van der Waals surface area contributed by atoms with Crippen LogP contribution < -0.4 is 0 Å². The first-order valence-corrected chi connectivity index (χ1v) is 2.35. The van der Waals surface area contributed by atoms with Crippen LogP contribution in [0.1, 0.15) is 0 Å². The van der Waals surface area contributed by atoms with Crippen molar-refractivity contribution >= 4 is 0 Å². The molecule has 0 atom stereocenters. The summed E-state index contributed by atoms with van der Waals surface area (Å²) in [6.07, 6.45) is 0. The predicted molar refractivity (Wildman–Crippen MR) is 28.8 cm³/mol. The second-order valence-corrected chi connectivity index (χ2v) is 1.89. The zero-order valence-corrected chi connectivity index (χ0v) is 4.05. The van der Waals surface area contributed by atoms with Gasteiger partial charge in [0.05, 0.1) is 0 Å². The Balaban J connectivity index is 2.74. The molecule has 2 nitrogen and oxygen atoms in total. The first kappa shape index (κ1) is 3.78. The standard InChI is InChI=1S/C6H4O2/c7-5-2-3-1-4(3)6(5)8/h1-2,7-8H. The fourth-order valence-corrected chi connectivity index (χ4v) is 0.798. The number of hydrogen-bond acceptors (Lipinski definition) is 2. The van der Waals surface area contributed by atoms with Crippen LogP contribution in [0.5, 0.6) is 11.5 Å². The molecule has 0 aliphatic heterocycles. The van der Waals surface area contributed by atoms with Gasteiger partial charge in [-0.25, -0.2) is 0 Å². The van der Waals surface area contributed by atoms with E-state index in [9.17, 15) is 0 Å². The highest BCUT2D eigenvalue weighted by atomic mass is 16.3. The molecule has 0 unspecified atom stereocenters. The molecule has 0 bridgehead atoms. The average molecular weight is 108 g/mol. The molecule has 2 heteroatoms. The Bertz CT molecular complexity index is 253. The molecule has 0 saturated heterocycles. The minimum atomic E-state index is -0.00231. The molecule has 0 aromatic carbocycles. The number of fused-ring (bicyclic) bond motifs is 1. The number of hydrogen-bond donors (Lipinski definition) is 2. The molecule has 2 N–H and O–H groups in total. The van der Waals surface area contributed by atoms with Crippen LogP contribution in [-0.4, -0.2) is 10.2 Å². The van der Waals surface area contributed by atoms with Gasteiger partial charge in [0.1, 0.15) is 0 Å². The van der Waals surface area contributed by atoms with Crippen LogP contribution in [0.2, 0.25) is 0 Å². The minimum Gasteiger partial charge on any atom is -0.504 e. The van der Waals surface area contributed by atoms with Gasteiger partial charge in [-0.1, -0.05) is 0 Å². The second-order valence-electron chi connectivity index (χ2n) is 1.89. The van der Waals surface area contributed by atoms with Crippen molar-refractivity contribution in [1.82, 2.24) is 0 Å². The van der Waals surface area contributed by atoms with Gasteiger partial charge in [-0.05, 0) is 17.7 Å². The zero-order chi connectivity index (χ0) is 5.72. The van der Waals surface area contributed by atoms with E-state index in [-0.39, 0.29) is 11.5 Å². The Morgan fingerprint density at radius 3 is 2.12 bits per heavy atom. The molecule has 0 saturated carbocycles. The number of benzene rings is 1. The number of rotatable bonds is 0. The van der Waals surface area contributed by atoms with Gasteiger partial charge in [-0.2, -0.15) is 0 Å². The van der Waals surface area contributed by atoms with Gasteiger partial charge in [0, 0.05) is 5.56 Å². The van der Waals surface area contributed by atoms with Crippen molar-refractivity contribution in [2.45, 2.75) is 0 Å². The SMILES string of the molecule is Oc1cc2cc-2c1O. The van der Waals surface area contributed by atoms with Gasteiger partial charge >= 0.3 is 0 Å². The lowest BCUT2D eigenvalue weighted by molar-refractivity contribution is 0.409. The van der Waals surface area contributed by atoms with E-state index in [1.807, 2.05) is 6.07 Å². The van der Waals surface area contributed by atoms with E-state index in [1.54, 1.807) is 6.07 Å². The number of aromatic hydroxyl groups is 2. The molecular formula is C6H4O2. The Hall–Kier alpha value is -1.18. The maximum absolute atomic E-state index is 8.82. The summed E-state index contributed by atoms with van der Waals surface area (Å²) in [5, 5.41) is 17.5. The zero-order valence-electron chi connectivity index (χ0n) is 4.05. The van der Waals surface area contributed by atoms with Gasteiger partial charge in [-0.15, -0.1) is 0 Å². The van der Waals surface area contributed by atoms with E-state index in [1.165, 1.54) is 0 Å². The second kappa shape index (κ2) is 0.823. The largest absolute Gasteiger partial charge is 0.504 e. The highest BCUT2D eigenvalue weighted by Crippen LogP contribution is 2.49. The summed E-state index contributed by atoms with van der Waals surface area (Å²) in [4.78, 5) is 0. The van der Waals surface area contributed by atoms with E-state index in [2.05, 4.69) is 0 Å². The molecule has 0 fully saturated rings. The lowest BCUT2D eigenvalue weighted by Crippen LogP contribution is -1.52. The molecule has 2 aliphatic carbocycles. The van der Waals surface area contributed by atoms with Crippen molar-refractivity contribution in [1.29, 1.82) is 0 Å². The molecule has 0 amide bonds. The fraction of sp³-hybridized carbons (Fsp3) is 0. The van der Waals surface area contributed by atoms with Gasteiger partial charge in [0.25, 0.3) is 0 Å². The van der Waals surface area contributed by atoms with Crippen molar-refractivity contribution in [3.63, 3.8) is 0 Å². The fourth-order valence-electron chi connectivity index (χ4n) is 0.798. The van der Waals surface area contributed by atoms with Crippen molar-refractivity contribution in [3.05, 3.63) is 12.1 Å². The van der Waals surface area contributed by atoms with E-state index in [0.717, 1.165) is 11.1 Å². The molecule has 2 rings (SSSR count). The third-order valence-electron chi connectivity index (χ3n) is 1.32. The normalized spacial score (nSPS) is 11.5. The van der Waals surface area contributed by atoms with Gasteiger partial charge in [0.2, 0.25) is 0 Å². The molecule has 40 valence electrons. The lowest BCUT2D eigenvalue weighted by atomic mass is 10.5. The van der Waals surface area contributed by atoms with E-state index < -0.39 is 0 Å². The van der Waals surface area contributed by atoms with Crippen LogP contribution in [0.25, 0.3) is 11.1 Å². The van der Waals surface area contributed by atoms with Crippen LogP contribution in [0.3, 0.4) is 0 Å². The van der Waals surface area contributed by atoms with Gasteiger partial charge in [-0.3, -0.25) is 0 Å². The Kier molecular flexibility index (Phi) is 0.388. The van der Waals surface area contributed by atoms with E-state index in [4.69, 9.17) is 10.2 Å². The third-order valence-corrected chi connectivity index (χ3v) is 1.32. The summed E-state index contributed by atoms with van der Waals surface area (Å²) in [5.74, 6) is 0.0255. The Morgan fingerprint density at radius 1 is 1.12 bits per heavy atom. The topological polar surface area (TPSA) is 40.5 Å². The first-order chi connectivity index (χ1) is 3.79. The lowest BCUT2D eigenvalue weighted by Gasteiger charge is -1.82. The highest BCUT2D eigenvalue weighted by molar-refractivity contribution is 5.90.